The minimum absolute atomic E-state index is 0.121. The van der Waals surface area contributed by atoms with Gasteiger partial charge in [0.25, 0.3) is 0 Å². The second kappa shape index (κ2) is 3.81. The number of carbonyl (C=O) groups excluding carboxylic acids is 2. The minimum Gasteiger partial charge on any atom is -0.393 e. The summed E-state index contributed by atoms with van der Waals surface area (Å²) in [6.45, 7) is 0. The van der Waals surface area contributed by atoms with E-state index in [9.17, 15) is 14.0 Å². The Hall–Kier alpha value is -1.71. The maximum Gasteiger partial charge on any atom is 0.317 e. The van der Waals surface area contributed by atoms with Crippen LogP contribution < -0.4 is 0 Å². The zero-order valence-electron chi connectivity index (χ0n) is 7.90. The summed E-state index contributed by atoms with van der Waals surface area (Å²) in [5, 5.41) is 0. The van der Waals surface area contributed by atoms with Gasteiger partial charge < -0.3 is 4.74 Å². The van der Waals surface area contributed by atoms with Crippen molar-refractivity contribution in [3.63, 3.8) is 0 Å². The number of halogens is 1. The Morgan fingerprint density at radius 1 is 1.27 bits per heavy atom. The van der Waals surface area contributed by atoms with E-state index >= 15 is 0 Å². The van der Waals surface area contributed by atoms with Crippen molar-refractivity contribution in [3.05, 3.63) is 35.6 Å². The second-order valence-electron chi connectivity index (χ2n) is 3.52. The summed E-state index contributed by atoms with van der Waals surface area (Å²) in [5.74, 6) is -1.69. The SMILES string of the molecule is O=C1CC(Cc2ccc(F)cc2)C(=O)O1. The molecule has 0 aromatic heterocycles. The summed E-state index contributed by atoms with van der Waals surface area (Å²) in [5.41, 5.74) is 0.827. The smallest absolute Gasteiger partial charge is 0.317 e. The van der Waals surface area contributed by atoms with Gasteiger partial charge in [0.1, 0.15) is 5.82 Å². The quantitative estimate of drug-likeness (QED) is 0.545. The summed E-state index contributed by atoms with van der Waals surface area (Å²) in [4.78, 5) is 21.9. The Kier molecular flexibility index (Phi) is 2.49. The molecular formula is C11H9FO3. The van der Waals surface area contributed by atoms with Crippen LogP contribution in [0.1, 0.15) is 12.0 Å². The van der Waals surface area contributed by atoms with Gasteiger partial charge in [0.05, 0.1) is 12.3 Å². The van der Waals surface area contributed by atoms with Gasteiger partial charge in [0, 0.05) is 0 Å². The Bertz CT molecular complexity index is 397. The van der Waals surface area contributed by atoms with Crippen molar-refractivity contribution in [3.8, 4) is 0 Å². The Labute approximate surface area is 85.9 Å². The molecule has 0 aliphatic carbocycles. The van der Waals surface area contributed by atoms with E-state index in [4.69, 9.17) is 0 Å². The summed E-state index contributed by atoms with van der Waals surface area (Å²) >= 11 is 0. The molecule has 1 aliphatic rings. The molecule has 15 heavy (non-hydrogen) atoms. The second-order valence-corrected chi connectivity index (χ2v) is 3.52. The van der Waals surface area contributed by atoms with Crippen molar-refractivity contribution in [2.24, 2.45) is 5.92 Å². The number of hydrogen-bond donors (Lipinski definition) is 0. The highest BCUT2D eigenvalue weighted by atomic mass is 19.1. The molecule has 1 unspecified atom stereocenters. The highest BCUT2D eigenvalue weighted by Crippen LogP contribution is 2.20. The summed E-state index contributed by atoms with van der Waals surface area (Å²) in [6, 6.07) is 5.87. The first-order chi connectivity index (χ1) is 7.15. The molecule has 0 saturated carbocycles. The maximum atomic E-state index is 12.6. The topological polar surface area (TPSA) is 43.4 Å². The molecule has 0 spiro atoms. The van der Waals surface area contributed by atoms with Gasteiger partial charge in [-0.3, -0.25) is 9.59 Å². The van der Waals surface area contributed by atoms with Crippen LogP contribution >= 0.6 is 0 Å². The third-order valence-electron chi connectivity index (χ3n) is 2.36. The summed E-state index contributed by atoms with van der Waals surface area (Å²) < 4.78 is 17.0. The highest BCUT2D eigenvalue weighted by Gasteiger charge is 2.33. The number of carbonyl (C=O) groups is 2. The van der Waals surface area contributed by atoms with Gasteiger partial charge >= 0.3 is 11.9 Å². The predicted molar refractivity (Wildman–Crippen MR) is 49.3 cm³/mol. The molecule has 1 fully saturated rings. The molecule has 2 rings (SSSR count). The van der Waals surface area contributed by atoms with Gasteiger partial charge in [-0.2, -0.15) is 0 Å². The van der Waals surface area contributed by atoms with Gasteiger partial charge in [-0.25, -0.2) is 4.39 Å². The average molecular weight is 208 g/mol. The first-order valence-corrected chi connectivity index (χ1v) is 4.64. The van der Waals surface area contributed by atoms with Crippen molar-refractivity contribution in [1.29, 1.82) is 0 Å². The zero-order valence-corrected chi connectivity index (χ0v) is 7.90. The van der Waals surface area contributed by atoms with E-state index in [0.717, 1.165) is 5.56 Å². The van der Waals surface area contributed by atoms with Crippen LogP contribution in [0.5, 0.6) is 0 Å². The molecular weight excluding hydrogens is 199 g/mol. The number of hydrogen-bond acceptors (Lipinski definition) is 3. The van der Waals surface area contributed by atoms with E-state index in [1.807, 2.05) is 0 Å². The summed E-state index contributed by atoms with van der Waals surface area (Å²) in [6.07, 6.45) is 0.543. The Morgan fingerprint density at radius 3 is 2.47 bits per heavy atom. The lowest BCUT2D eigenvalue weighted by atomic mass is 9.98. The molecule has 78 valence electrons. The van der Waals surface area contributed by atoms with Gasteiger partial charge in [-0.15, -0.1) is 0 Å². The van der Waals surface area contributed by atoms with Crippen molar-refractivity contribution in [1.82, 2.24) is 0 Å². The maximum absolute atomic E-state index is 12.6. The molecule has 1 aromatic rings. The molecule has 1 heterocycles. The number of esters is 2. The van der Waals surface area contributed by atoms with E-state index in [1.54, 1.807) is 12.1 Å². The number of benzene rings is 1. The lowest BCUT2D eigenvalue weighted by molar-refractivity contribution is -0.153. The molecule has 1 aliphatic heterocycles. The van der Waals surface area contributed by atoms with E-state index < -0.39 is 17.9 Å². The van der Waals surface area contributed by atoms with E-state index in [-0.39, 0.29) is 12.2 Å². The zero-order chi connectivity index (χ0) is 10.8. The molecule has 0 radical (unpaired) electrons. The minimum atomic E-state index is -0.482. The van der Waals surface area contributed by atoms with E-state index in [0.29, 0.717) is 6.42 Å². The van der Waals surface area contributed by atoms with Crippen LogP contribution in [0, 0.1) is 11.7 Å². The first kappa shape index (κ1) is 9.83. The van der Waals surface area contributed by atoms with Crippen LogP contribution in [-0.4, -0.2) is 11.9 Å². The number of cyclic esters (lactones) is 2. The normalized spacial score (nSPS) is 20.5. The number of ether oxygens (including phenoxy) is 1. The van der Waals surface area contributed by atoms with Crippen molar-refractivity contribution >= 4 is 11.9 Å². The third kappa shape index (κ3) is 2.21. The van der Waals surface area contributed by atoms with Crippen LogP contribution in [0.2, 0.25) is 0 Å². The fourth-order valence-corrected chi connectivity index (χ4v) is 1.58. The highest BCUT2D eigenvalue weighted by molar-refractivity contribution is 5.94. The van der Waals surface area contributed by atoms with E-state index in [1.165, 1.54) is 12.1 Å². The van der Waals surface area contributed by atoms with Crippen molar-refractivity contribution < 1.29 is 18.7 Å². The fraction of sp³-hybridized carbons (Fsp3) is 0.273. The molecule has 1 aromatic carbocycles. The summed E-state index contributed by atoms with van der Waals surface area (Å²) in [7, 11) is 0. The van der Waals surface area contributed by atoms with Crippen molar-refractivity contribution in [2.45, 2.75) is 12.8 Å². The number of rotatable bonds is 2. The molecule has 0 bridgehead atoms. The van der Waals surface area contributed by atoms with Gasteiger partial charge in [-0.1, -0.05) is 12.1 Å². The third-order valence-corrected chi connectivity index (χ3v) is 2.36. The van der Waals surface area contributed by atoms with Gasteiger partial charge in [0.15, 0.2) is 0 Å². The van der Waals surface area contributed by atoms with Crippen LogP contribution in [-0.2, 0) is 20.7 Å². The van der Waals surface area contributed by atoms with Crippen LogP contribution in [0.4, 0.5) is 4.39 Å². The average Bonchev–Trinajstić information content (AvgIpc) is 2.49. The predicted octanol–water partition coefficient (Wildman–Crippen LogP) is 1.46. The molecule has 0 N–H and O–H groups in total. The lowest BCUT2D eigenvalue weighted by Crippen LogP contribution is -2.10. The van der Waals surface area contributed by atoms with Crippen LogP contribution in [0.15, 0.2) is 24.3 Å². The van der Waals surface area contributed by atoms with Crippen LogP contribution in [0.25, 0.3) is 0 Å². The van der Waals surface area contributed by atoms with Gasteiger partial charge in [0.2, 0.25) is 0 Å². The van der Waals surface area contributed by atoms with E-state index in [2.05, 4.69) is 4.74 Å². The monoisotopic (exact) mass is 208 g/mol. The molecule has 0 amide bonds. The lowest BCUT2D eigenvalue weighted by Gasteiger charge is -2.03. The molecule has 4 heteroatoms. The molecule has 1 saturated heterocycles. The van der Waals surface area contributed by atoms with Crippen LogP contribution in [0.3, 0.4) is 0 Å². The largest absolute Gasteiger partial charge is 0.393 e. The molecule has 3 nitrogen and oxygen atoms in total. The van der Waals surface area contributed by atoms with Gasteiger partial charge in [-0.05, 0) is 24.1 Å². The molecule has 1 atom stereocenters. The first-order valence-electron chi connectivity index (χ1n) is 4.64. The fourth-order valence-electron chi connectivity index (χ4n) is 1.58. The standard InChI is InChI=1S/C11H9FO3/c12-9-3-1-7(2-4-9)5-8-6-10(13)15-11(8)14/h1-4,8H,5-6H2. The Balaban J connectivity index is 2.06. The van der Waals surface area contributed by atoms with Crippen molar-refractivity contribution in [2.75, 3.05) is 0 Å². The Morgan fingerprint density at radius 2 is 1.93 bits per heavy atom.